The van der Waals surface area contributed by atoms with Crippen LogP contribution in [0.25, 0.3) is 0 Å². The number of rotatable bonds is 4. The van der Waals surface area contributed by atoms with E-state index in [0.717, 1.165) is 15.6 Å². The van der Waals surface area contributed by atoms with E-state index in [-0.39, 0.29) is 5.97 Å². The molecule has 24 heavy (non-hydrogen) atoms. The molecule has 0 spiro atoms. The van der Waals surface area contributed by atoms with E-state index in [9.17, 15) is 4.79 Å². The molecular weight excluding hydrogens is 388 g/mol. The van der Waals surface area contributed by atoms with Gasteiger partial charge < -0.3 is 4.74 Å². The summed E-state index contributed by atoms with van der Waals surface area (Å²) in [7, 11) is 0. The molecule has 0 aliphatic rings. The number of halogens is 2. The molecule has 0 saturated carbocycles. The summed E-state index contributed by atoms with van der Waals surface area (Å²) in [5.41, 5.74) is 1.75. The van der Waals surface area contributed by atoms with Gasteiger partial charge in [0.2, 0.25) is 0 Å². The maximum absolute atomic E-state index is 12.9. The highest BCUT2D eigenvalue weighted by atomic mass is 79.9. The van der Waals surface area contributed by atoms with Gasteiger partial charge in [0.25, 0.3) is 0 Å². The molecule has 0 N–H and O–H groups in total. The molecule has 0 radical (unpaired) electrons. The average molecular weight is 402 g/mol. The molecule has 0 bridgehead atoms. The van der Waals surface area contributed by atoms with Gasteiger partial charge in [0.15, 0.2) is 0 Å². The molecule has 0 atom stereocenters. The maximum atomic E-state index is 12.9. The van der Waals surface area contributed by atoms with Crippen LogP contribution < -0.4 is 4.74 Å². The Labute approximate surface area is 154 Å². The van der Waals surface area contributed by atoms with E-state index in [4.69, 9.17) is 16.3 Å². The number of hydrogen-bond donors (Lipinski definition) is 0. The summed E-state index contributed by atoms with van der Waals surface area (Å²) in [5, 5.41) is 0.387. The van der Waals surface area contributed by atoms with Gasteiger partial charge in [0, 0.05) is 4.47 Å². The molecule has 2 nitrogen and oxygen atoms in total. The molecular formula is C20H14BrClO2. The molecule has 0 aliphatic carbocycles. The summed E-state index contributed by atoms with van der Waals surface area (Å²) in [6, 6.07) is 24.3. The first-order chi connectivity index (χ1) is 11.6. The molecule has 0 aliphatic heterocycles. The zero-order valence-electron chi connectivity index (χ0n) is 12.7. The Balaban J connectivity index is 1.95. The number of esters is 1. The molecule has 0 fully saturated rings. The zero-order chi connectivity index (χ0) is 16.9. The largest absolute Gasteiger partial charge is 0.424 e. The second kappa shape index (κ2) is 7.65. The standard InChI is InChI=1S/C20H14BrClO2/c21-16-11-12-18(17(22)13-16)24-20(23)19(14-7-3-1-4-8-14)15-9-5-2-6-10-15/h1-13,19H. The second-order valence-corrected chi connectivity index (χ2v) is 6.57. The van der Waals surface area contributed by atoms with Gasteiger partial charge in [-0.05, 0) is 29.3 Å². The maximum Gasteiger partial charge on any atom is 0.323 e. The quantitative estimate of drug-likeness (QED) is 0.405. The van der Waals surface area contributed by atoms with Gasteiger partial charge in [-0.25, -0.2) is 0 Å². The first-order valence-electron chi connectivity index (χ1n) is 7.42. The van der Waals surface area contributed by atoms with E-state index < -0.39 is 5.92 Å². The molecule has 0 amide bonds. The summed E-state index contributed by atoms with van der Waals surface area (Å²) < 4.78 is 6.41. The van der Waals surface area contributed by atoms with Gasteiger partial charge in [0.1, 0.15) is 11.7 Å². The Morgan fingerprint density at radius 2 is 1.42 bits per heavy atom. The van der Waals surface area contributed by atoms with Crippen LogP contribution in [0.2, 0.25) is 5.02 Å². The molecule has 0 saturated heterocycles. The Kier molecular flexibility index (Phi) is 5.34. The number of carbonyl (C=O) groups excluding carboxylic acids is 1. The van der Waals surface area contributed by atoms with Crippen molar-refractivity contribution in [3.05, 3.63) is 99.5 Å². The first kappa shape index (κ1) is 16.7. The van der Waals surface area contributed by atoms with Crippen LogP contribution in [0.1, 0.15) is 17.0 Å². The molecule has 3 aromatic rings. The number of ether oxygens (including phenoxy) is 1. The molecule has 0 aromatic heterocycles. The first-order valence-corrected chi connectivity index (χ1v) is 8.59. The lowest BCUT2D eigenvalue weighted by Crippen LogP contribution is -2.20. The van der Waals surface area contributed by atoms with Crippen LogP contribution in [-0.4, -0.2) is 5.97 Å². The fourth-order valence-electron chi connectivity index (χ4n) is 2.48. The third-order valence-corrected chi connectivity index (χ3v) is 4.39. The zero-order valence-corrected chi connectivity index (χ0v) is 15.0. The monoisotopic (exact) mass is 400 g/mol. The molecule has 4 heteroatoms. The summed E-state index contributed by atoms with van der Waals surface area (Å²) in [6.45, 7) is 0. The van der Waals surface area contributed by atoms with Crippen LogP contribution in [0.4, 0.5) is 0 Å². The normalized spacial score (nSPS) is 10.6. The summed E-state index contributed by atoms with van der Waals surface area (Å²) in [6.07, 6.45) is 0. The van der Waals surface area contributed by atoms with Crippen molar-refractivity contribution in [3.8, 4) is 5.75 Å². The lowest BCUT2D eigenvalue weighted by atomic mass is 9.91. The van der Waals surface area contributed by atoms with E-state index in [1.54, 1.807) is 18.2 Å². The number of carbonyl (C=O) groups is 1. The molecule has 3 rings (SSSR count). The number of benzene rings is 3. The highest BCUT2D eigenvalue weighted by molar-refractivity contribution is 9.10. The summed E-state index contributed by atoms with van der Waals surface area (Å²) >= 11 is 9.50. The Morgan fingerprint density at radius 3 is 1.92 bits per heavy atom. The van der Waals surface area contributed by atoms with Gasteiger partial charge in [-0.3, -0.25) is 4.79 Å². The lowest BCUT2D eigenvalue weighted by molar-refractivity contribution is -0.135. The van der Waals surface area contributed by atoms with E-state index in [1.165, 1.54) is 0 Å². The van der Waals surface area contributed by atoms with Gasteiger partial charge in [-0.2, -0.15) is 0 Å². The van der Waals surface area contributed by atoms with E-state index in [2.05, 4.69) is 15.9 Å². The second-order valence-electron chi connectivity index (χ2n) is 5.25. The smallest absolute Gasteiger partial charge is 0.323 e. The topological polar surface area (TPSA) is 26.3 Å². The minimum atomic E-state index is -0.507. The molecule has 3 aromatic carbocycles. The Bertz CT molecular complexity index is 795. The van der Waals surface area contributed by atoms with Crippen molar-refractivity contribution in [3.63, 3.8) is 0 Å². The van der Waals surface area contributed by atoms with E-state index >= 15 is 0 Å². The van der Waals surface area contributed by atoms with Crippen LogP contribution in [-0.2, 0) is 4.79 Å². The summed E-state index contributed by atoms with van der Waals surface area (Å²) in [4.78, 5) is 12.9. The van der Waals surface area contributed by atoms with Crippen molar-refractivity contribution >= 4 is 33.5 Å². The van der Waals surface area contributed by atoms with Crippen molar-refractivity contribution in [1.29, 1.82) is 0 Å². The fourth-order valence-corrected chi connectivity index (χ4v) is 3.19. The number of hydrogen-bond acceptors (Lipinski definition) is 2. The van der Waals surface area contributed by atoms with Crippen LogP contribution in [0.3, 0.4) is 0 Å². The van der Waals surface area contributed by atoms with Crippen molar-refractivity contribution in [2.45, 2.75) is 5.92 Å². The fraction of sp³-hybridized carbons (Fsp3) is 0.0500. The van der Waals surface area contributed by atoms with Crippen molar-refractivity contribution in [2.75, 3.05) is 0 Å². The SMILES string of the molecule is O=C(Oc1ccc(Br)cc1Cl)C(c1ccccc1)c1ccccc1. The van der Waals surface area contributed by atoms with E-state index in [0.29, 0.717) is 10.8 Å². The molecule has 0 unspecified atom stereocenters. The molecule has 0 heterocycles. The van der Waals surface area contributed by atoms with Gasteiger partial charge in [-0.1, -0.05) is 88.2 Å². The highest BCUT2D eigenvalue weighted by Gasteiger charge is 2.25. The van der Waals surface area contributed by atoms with Crippen molar-refractivity contribution in [2.24, 2.45) is 0 Å². The average Bonchev–Trinajstić information content (AvgIpc) is 2.60. The Morgan fingerprint density at radius 1 is 0.875 bits per heavy atom. The Hall–Kier alpha value is -2.10. The highest BCUT2D eigenvalue weighted by Crippen LogP contribution is 2.31. The van der Waals surface area contributed by atoms with Gasteiger partial charge in [0.05, 0.1) is 5.02 Å². The third-order valence-electron chi connectivity index (χ3n) is 3.61. The predicted molar refractivity (Wildman–Crippen MR) is 99.5 cm³/mol. The lowest BCUT2D eigenvalue weighted by Gasteiger charge is -2.17. The molecule has 120 valence electrons. The minimum absolute atomic E-state index is 0.349. The minimum Gasteiger partial charge on any atom is -0.424 e. The van der Waals surface area contributed by atoms with Crippen LogP contribution in [0.15, 0.2) is 83.3 Å². The van der Waals surface area contributed by atoms with Crippen LogP contribution >= 0.6 is 27.5 Å². The van der Waals surface area contributed by atoms with Gasteiger partial charge in [-0.15, -0.1) is 0 Å². The van der Waals surface area contributed by atoms with Crippen molar-refractivity contribution < 1.29 is 9.53 Å². The van der Waals surface area contributed by atoms with E-state index in [1.807, 2.05) is 60.7 Å². The van der Waals surface area contributed by atoms with Crippen molar-refractivity contribution in [1.82, 2.24) is 0 Å². The third kappa shape index (κ3) is 3.86. The summed E-state index contributed by atoms with van der Waals surface area (Å²) in [5.74, 6) is -0.523. The van der Waals surface area contributed by atoms with Crippen LogP contribution in [0.5, 0.6) is 5.75 Å². The predicted octanol–water partition coefficient (Wildman–Crippen LogP) is 5.84. The van der Waals surface area contributed by atoms with Gasteiger partial charge >= 0.3 is 5.97 Å². The van der Waals surface area contributed by atoms with Crippen LogP contribution in [0, 0.1) is 0 Å².